The lowest BCUT2D eigenvalue weighted by Gasteiger charge is -2.06. The van der Waals surface area contributed by atoms with Gasteiger partial charge in [0.1, 0.15) is 4.90 Å². The summed E-state index contributed by atoms with van der Waals surface area (Å²) in [7, 11) is -7.46. The Bertz CT molecular complexity index is 704. The molecule has 0 amide bonds. The monoisotopic (exact) mass is 325 g/mol. The Kier molecular flexibility index (Phi) is 4.89. The molecule has 3 N–H and O–H groups in total. The fourth-order valence-corrected chi connectivity index (χ4v) is 3.62. The molecule has 0 unspecified atom stereocenters. The summed E-state index contributed by atoms with van der Waals surface area (Å²) in [6, 6.07) is 0. The maximum Gasteiger partial charge on any atom is 0.357 e. The number of nitrogens with one attached hydrogen (secondary N) is 2. The minimum absolute atomic E-state index is 0.0632. The Balaban J connectivity index is 2.96. The molecule has 0 aliphatic carbocycles. The molecule has 0 aromatic carbocycles. The Labute approximate surface area is 116 Å². The van der Waals surface area contributed by atoms with Crippen molar-refractivity contribution in [1.82, 2.24) is 14.9 Å². The summed E-state index contributed by atoms with van der Waals surface area (Å²) in [5.74, 6) is -1.95. The van der Waals surface area contributed by atoms with Gasteiger partial charge < -0.3 is 5.11 Å². The van der Waals surface area contributed by atoms with Crippen LogP contribution >= 0.6 is 0 Å². The van der Waals surface area contributed by atoms with E-state index in [0.29, 0.717) is 0 Å². The third-order valence-electron chi connectivity index (χ3n) is 2.51. The van der Waals surface area contributed by atoms with Crippen molar-refractivity contribution in [3.05, 3.63) is 11.4 Å². The number of carboxylic acids is 1. The van der Waals surface area contributed by atoms with Crippen LogP contribution in [0.4, 0.5) is 0 Å². The van der Waals surface area contributed by atoms with Crippen LogP contribution in [0, 0.1) is 6.92 Å². The third kappa shape index (κ3) is 3.77. The number of aromatic nitrogens is 2. The number of sulfonamides is 1. The van der Waals surface area contributed by atoms with Crippen LogP contribution in [-0.4, -0.2) is 56.2 Å². The molecule has 1 aromatic heterocycles. The molecule has 9 nitrogen and oxygen atoms in total. The zero-order valence-corrected chi connectivity index (χ0v) is 12.5. The third-order valence-corrected chi connectivity index (χ3v) is 5.83. The first kappa shape index (κ1) is 16.6. The quantitative estimate of drug-likeness (QED) is 0.590. The number of aryl methyl sites for hydroxylation is 1. The van der Waals surface area contributed by atoms with Gasteiger partial charge in [0.15, 0.2) is 15.5 Å². The number of aromatic amines is 1. The van der Waals surface area contributed by atoms with E-state index in [1.165, 1.54) is 13.8 Å². The van der Waals surface area contributed by atoms with Gasteiger partial charge in [0.2, 0.25) is 10.0 Å². The number of nitrogens with zero attached hydrogens (tertiary/aromatic N) is 1. The number of H-pyrrole nitrogens is 1. The average Bonchev–Trinajstić information content (AvgIpc) is 2.71. The highest BCUT2D eigenvalue weighted by atomic mass is 32.2. The van der Waals surface area contributed by atoms with Gasteiger partial charge in [0, 0.05) is 12.3 Å². The van der Waals surface area contributed by atoms with Crippen molar-refractivity contribution >= 4 is 25.8 Å². The number of rotatable bonds is 7. The second-order valence-electron chi connectivity index (χ2n) is 3.97. The first-order valence-electron chi connectivity index (χ1n) is 5.59. The molecular weight excluding hydrogens is 310 g/mol. The van der Waals surface area contributed by atoms with Crippen LogP contribution < -0.4 is 4.72 Å². The molecule has 114 valence electrons. The number of sulfone groups is 1. The van der Waals surface area contributed by atoms with E-state index >= 15 is 0 Å². The van der Waals surface area contributed by atoms with E-state index in [0.717, 1.165) is 0 Å². The average molecular weight is 325 g/mol. The van der Waals surface area contributed by atoms with Gasteiger partial charge in [0.05, 0.1) is 11.4 Å². The van der Waals surface area contributed by atoms with Crippen molar-refractivity contribution < 1.29 is 26.7 Å². The largest absolute Gasteiger partial charge is 0.476 e. The Hall–Kier alpha value is -1.46. The molecule has 0 spiro atoms. The summed E-state index contributed by atoms with van der Waals surface area (Å²) in [6.07, 6.45) is 0. The van der Waals surface area contributed by atoms with Gasteiger partial charge >= 0.3 is 5.97 Å². The second kappa shape index (κ2) is 5.89. The Morgan fingerprint density at radius 1 is 1.35 bits per heavy atom. The van der Waals surface area contributed by atoms with Gasteiger partial charge in [-0.3, -0.25) is 5.10 Å². The predicted molar refractivity (Wildman–Crippen MR) is 69.8 cm³/mol. The summed E-state index contributed by atoms with van der Waals surface area (Å²) >= 11 is 0. The fraction of sp³-hybridized carbons (Fsp3) is 0.556. The number of hydrogen-bond donors (Lipinski definition) is 3. The maximum atomic E-state index is 12.0. The van der Waals surface area contributed by atoms with E-state index in [2.05, 4.69) is 14.9 Å². The van der Waals surface area contributed by atoms with Crippen molar-refractivity contribution in [3.63, 3.8) is 0 Å². The summed E-state index contributed by atoms with van der Waals surface area (Å²) in [5, 5.41) is 14.5. The smallest absolute Gasteiger partial charge is 0.357 e. The van der Waals surface area contributed by atoms with Crippen LogP contribution in [0.15, 0.2) is 4.90 Å². The van der Waals surface area contributed by atoms with E-state index in [1.807, 2.05) is 0 Å². The van der Waals surface area contributed by atoms with Gasteiger partial charge in [0.25, 0.3) is 0 Å². The number of carbonyl (C=O) groups is 1. The van der Waals surface area contributed by atoms with Gasteiger partial charge in [-0.25, -0.2) is 26.4 Å². The van der Waals surface area contributed by atoms with Crippen LogP contribution in [0.1, 0.15) is 23.1 Å². The molecule has 0 fully saturated rings. The van der Waals surface area contributed by atoms with Crippen molar-refractivity contribution in [2.24, 2.45) is 0 Å². The second-order valence-corrected chi connectivity index (χ2v) is 8.14. The number of aromatic carboxylic acids is 1. The van der Waals surface area contributed by atoms with E-state index in [9.17, 15) is 21.6 Å². The van der Waals surface area contributed by atoms with Crippen molar-refractivity contribution in [2.75, 3.05) is 18.1 Å². The minimum Gasteiger partial charge on any atom is -0.476 e. The molecule has 0 saturated carbocycles. The maximum absolute atomic E-state index is 12.0. The Morgan fingerprint density at radius 3 is 2.45 bits per heavy atom. The fourth-order valence-electron chi connectivity index (χ4n) is 1.44. The zero-order chi connectivity index (χ0) is 15.6. The molecule has 11 heteroatoms. The van der Waals surface area contributed by atoms with Gasteiger partial charge in [-0.05, 0) is 6.92 Å². The first-order valence-corrected chi connectivity index (χ1v) is 8.89. The zero-order valence-electron chi connectivity index (χ0n) is 10.9. The summed E-state index contributed by atoms with van der Waals surface area (Å²) in [4.78, 5) is 10.4. The van der Waals surface area contributed by atoms with E-state index < -0.39 is 36.4 Å². The van der Waals surface area contributed by atoms with Crippen LogP contribution in [0.3, 0.4) is 0 Å². The van der Waals surface area contributed by atoms with Gasteiger partial charge in [-0.1, -0.05) is 6.92 Å². The molecule has 20 heavy (non-hydrogen) atoms. The van der Waals surface area contributed by atoms with Crippen LogP contribution in [0.5, 0.6) is 0 Å². The lowest BCUT2D eigenvalue weighted by molar-refractivity contribution is 0.0686. The van der Waals surface area contributed by atoms with E-state index in [-0.39, 0.29) is 23.7 Å². The standard InChI is InChI=1S/C9H15N3O6S2/c1-3-19(15,16)5-4-10-20(17,18)8-6(2)11-12-7(8)9(13)14/h10H,3-5H2,1-2H3,(H,11,12)(H,13,14). The van der Waals surface area contributed by atoms with E-state index in [4.69, 9.17) is 5.11 Å². The summed E-state index contributed by atoms with van der Waals surface area (Å²) < 4.78 is 48.6. The molecule has 0 saturated heterocycles. The molecule has 0 aliphatic rings. The minimum atomic E-state index is -4.14. The van der Waals surface area contributed by atoms with Crippen molar-refractivity contribution in [2.45, 2.75) is 18.7 Å². The van der Waals surface area contributed by atoms with Crippen molar-refractivity contribution in [1.29, 1.82) is 0 Å². The van der Waals surface area contributed by atoms with Crippen LogP contribution in [-0.2, 0) is 19.9 Å². The van der Waals surface area contributed by atoms with Crippen molar-refractivity contribution in [3.8, 4) is 0 Å². The molecule has 0 bridgehead atoms. The molecular formula is C9H15N3O6S2. The van der Waals surface area contributed by atoms with Gasteiger partial charge in [-0.15, -0.1) is 0 Å². The lowest BCUT2D eigenvalue weighted by Crippen LogP contribution is -2.30. The van der Waals surface area contributed by atoms with Gasteiger partial charge in [-0.2, -0.15) is 5.10 Å². The highest BCUT2D eigenvalue weighted by molar-refractivity contribution is 7.91. The molecule has 1 rings (SSSR count). The molecule has 1 heterocycles. The highest BCUT2D eigenvalue weighted by Crippen LogP contribution is 2.17. The summed E-state index contributed by atoms with van der Waals surface area (Å²) in [6.45, 7) is 2.48. The van der Waals surface area contributed by atoms with E-state index in [1.54, 1.807) is 0 Å². The number of carboxylic acid groups (broad SMARTS) is 1. The molecule has 1 aromatic rings. The van der Waals surface area contributed by atoms with Crippen LogP contribution in [0.2, 0.25) is 0 Å². The molecule has 0 radical (unpaired) electrons. The summed E-state index contributed by atoms with van der Waals surface area (Å²) in [5.41, 5.74) is -0.568. The predicted octanol–water partition coefficient (Wildman–Crippen LogP) is -0.871. The first-order chi connectivity index (χ1) is 9.10. The molecule has 0 atom stereocenters. The lowest BCUT2D eigenvalue weighted by atomic mass is 10.4. The Morgan fingerprint density at radius 2 is 1.95 bits per heavy atom. The normalized spacial score (nSPS) is 12.5. The highest BCUT2D eigenvalue weighted by Gasteiger charge is 2.28. The number of hydrogen-bond acceptors (Lipinski definition) is 6. The van der Waals surface area contributed by atoms with Crippen LogP contribution in [0.25, 0.3) is 0 Å². The molecule has 0 aliphatic heterocycles. The SMILES string of the molecule is CCS(=O)(=O)CCNS(=O)(=O)c1c(C(=O)O)n[nH]c1C. The topological polar surface area (TPSA) is 146 Å².